The first-order valence-corrected chi connectivity index (χ1v) is 31.0. The number of rotatable bonds is 11. The molecule has 5 nitrogen and oxygen atoms in total. The number of thioether (sulfide) groups is 5. The van der Waals surface area contributed by atoms with E-state index < -0.39 is 20.3 Å². The topological polar surface area (TPSA) is 68.2 Å². The fourth-order valence-electron chi connectivity index (χ4n) is 0.376. The Balaban J connectivity index is -0.0000000578. The average Bonchev–Trinajstić information content (AvgIpc) is 2.80. The van der Waals surface area contributed by atoms with Crippen LogP contribution < -0.4 is 0 Å². The molecule has 22 heteroatoms. The summed E-state index contributed by atoms with van der Waals surface area (Å²) in [6.45, 7) is 8.88. The second kappa shape index (κ2) is 60.8. The van der Waals surface area contributed by atoms with Crippen molar-refractivity contribution in [3.63, 3.8) is 0 Å². The maximum absolute atomic E-state index is 7.84. The molecule has 0 bridgehead atoms. The van der Waals surface area contributed by atoms with E-state index in [9.17, 15) is 0 Å². The first kappa shape index (κ1) is 58.3. The number of halogens is 7. The van der Waals surface area contributed by atoms with Crippen molar-refractivity contribution in [1.29, 1.82) is 0 Å². The van der Waals surface area contributed by atoms with E-state index >= 15 is 0 Å². The highest BCUT2D eigenvalue weighted by atomic mass is 36.0. The maximum Gasteiger partial charge on any atom is 0.226 e. The van der Waals surface area contributed by atoms with Crippen LogP contribution in [0.5, 0.6) is 0 Å². The molecule has 0 aromatic rings. The highest BCUT2D eigenvalue weighted by Gasteiger charge is 1.94. The van der Waals surface area contributed by atoms with Crippen molar-refractivity contribution >= 4 is 173 Å². The summed E-state index contributed by atoms with van der Waals surface area (Å²) >= 11 is 43.7. The third-order valence-corrected chi connectivity index (χ3v) is 5.74. The quantitative estimate of drug-likeness (QED) is 0.155. The minimum Gasteiger partial charge on any atom is -0.386 e. The first-order valence-electron chi connectivity index (χ1n) is 8.95. The van der Waals surface area contributed by atoms with E-state index in [1.807, 2.05) is 51.3 Å². The normalized spacial score (nSPS) is 10.1. The highest BCUT2D eigenvalue weighted by Crippen LogP contribution is 2.51. The number of aliphatic hydroxyl groups excluding tert-OH is 2. The third kappa shape index (κ3) is 169. The van der Waals surface area contributed by atoms with Crippen LogP contribution in [0.4, 0.5) is 0 Å². The van der Waals surface area contributed by atoms with Crippen molar-refractivity contribution in [1.82, 2.24) is 0 Å². The zero-order valence-electron chi connectivity index (χ0n) is 22.6. The van der Waals surface area contributed by atoms with Crippen LogP contribution in [0.15, 0.2) is 0 Å². The first-order chi connectivity index (χ1) is 17.1. The number of aliphatic hydroxyl groups is 2. The van der Waals surface area contributed by atoms with Gasteiger partial charge in [-0.1, -0.05) is 56.2 Å². The predicted octanol–water partition coefficient (Wildman–Crippen LogP) is 12.9. The molecule has 0 saturated heterocycles. The van der Waals surface area contributed by atoms with E-state index in [2.05, 4.69) is 13.3 Å². The van der Waals surface area contributed by atoms with E-state index in [4.69, 9.17) is 102 Å². The van der Waals surface area contributed by atoms with Crippen molar-refractivity contribution in [3.8, 4) is 0 Å². The molecular weight excluding hydrogens is 824 g/mol. The fraction of sp³-hybridized carbons (Fsp3) is 1.00. The summed E-state index contributed by atoms with van der Waals surface area (Å²) in [5, 5.41) is 15.7. The van der Waals surface area contributed by atoms with Gasteiger partial charge in [0.1, 0.15) is 7.50 Å². The van der Waals surface area contributed by atoms with Crippen molar-refractivity contribution < 1.29 is 23.8 Å². The van der Waals surface area contributed by atoms with Crippen LogP contribution in [-0.2, 0) is 13.6 Å². The molecule has 37 heavy (non-hydrogen) atoms. The molecule has 0 aliphatic carbocycles. The summed E-state index contributed by atoms with van der Waals surface area (Å²) in [7, 11) is -0.930. The third-order valence-electron chi connectivity index (χ3n) is 1.30. The van der Waals surface area contributed by atoms with Crippen molar-refractivity contribution in [3.05, 3.63) is 0 Å². The Labute approximate surface area is 288 Å². The molecule has 0 aromatic heterocycles. The van der Waals surface area contributed by atoms with Crippen LogP contribution in [0, 0.1) is 0 Å². The Morgan fingerprint density at radius 2 is 0.784 bits per heavy atom. The van der Waals surface area contributed by atoms with E-state index in [1.54, 1.807) is 35.3 Å². The molecule has 0 aliphatic heterocycles. The van der Waals surface area contributed by atoms with Crippen LogP contribution in [0.2, 0.25) is 0 Å². The van der Waals surface area contributed by atoms with Crippen LogP contribution in [0.1, 0.15) is 0 Å². The van der Waals surface area contributed by atoms with Crippen molar-refractivity contribution in [2.24, 2.45) is 0 Å². The predicted molar refractivity (Wildman–Crippen MR) is 205 cm³/mol. The highest BCUT2D eigenvalue weighted by molar-refractivity contribution is 8.20. The Morgan fingerprint density at radius 1 is 0.541 bits per heavy atom. The molecule has 0 radical (unpaired) electrons. The Bertz CT molecular complexity index is 291. The lowest BCUT2D eigenvalue weighted by atomic mass is 11.7. The maximum atomic E-state index is 7.84. The lowest BCUT2D eigenvalue weighted by Gasteiger charge is -2.02. The standard InChI is InChI=1S/C4H11OPS.C3H8ClOPS.C2H5Cl2OPS.C2H6ClP.2C2H6OS.Cl3P/c1-6(2)5-4-7-3;1-6(4)5-3-7-2;1-7-2-5-6(3)4;1-4(2)3;2*1-4-2-3;1-4(2)3/h4H2,1-3H3;3H2,1-2H3;2H2,1H3;1-2H3;2*3H,2H2,1H3;. The monoisotopic (exact) mass is 862 g/mol. The summed E-state index contributed by atoms with van der Waals surface area (Å²) in [6.07, 6.45) is 9.64. The van der Waals surface area contributed by atoms with E-state index in [0.717, 1.165) is 5.94 Å². The molecule has 0 aromatic carbocycles. The van der Waals surface area contributed by atoms with Crippen LogP contribution in [-0.4, -0.2) is 105 Å². The fourth-order valence-corrected chi connectivity index (χ4v) is 4.46. The molecule has 0 heterocycles. The zero-order chi connectivity index (χ0) is 31.1. The number of hydrogen-bond donors (Lipinski definition) is 2. The van der Waals surface area contributed by atoms with Gasteiger partial charge in [0.15, 0.2) is 5.98 Å². The molecule has 236 valence electrons. The zero-order valence-corrected chi connectivity index (χ0v) is 36.4. The Morgan fingerprint density at radius 3 is 0.865 bits per heavy atom. The number of hydrogen-bond acceptors (Lipinski definition) is 10. The summed E-state index contributed by atoms with van der Waals surface area (Å²) in [6, 6.07) is 0. The molecule has 0 rings (SSSR count). The molecule has 0 aliphatic rings. The van der Waals surface area contributed by atoms with Crippen LogP contribution in [0.3, 0.4) is 0 Å². The molecule has 1 atom stereocenters. The minimum atomic E-state index is -1.20. The average molecular weight is 866 g/mol. The van der Waals surface area contributed by atoms with E-state index in [0.29, 0.717) is 11.9 Å². The van der Waals surface area contributed by atoms with Crippen molar-refractivity contribution in [2.45, 2.75) is 0 Å². The SMILES string of the molecule is CP(C)Cl.CSCO.CSCO.CSCOP(C)C.CSCOP(C)Cl.CSCOP(Cl)Cl.ClP(Cl)Cl. The van der Waals surface area contributed by atoms with Gasteiger partial charge in [-0.3, -0.25) is 0 Å². The molecule has 0 spiro atoms. The molecular formula is C15H42Cl7O5P5S5. The van der Waals surface area contributed by atoms with Gasteiger partial charge in [-0.2, -0.15) is 0 Å². The van der Waals surface area contributed by atoms with Gasteiger partial charge in [-0.05, 0) is 94.4 Å². The Kier molecular flexibility index (Phi) is 95.9. The lowest BCUT2D eigenvalue weighted by molar-refractivity contribution is 0.375. The van der Waals surface area contributed by atoms with Gasteiger partial charge in [0.05, 0.1) is 29.7 Å². The minimum absolute atomic E-state index is 0.127. The Hall–Kier alpha value is 5.73. The van der Waals surface area contributed by atoms with Crippen LogP contribution >= 0.6 is 173 Å². The summed E-state index contributed by atoms with van der Waals surface area (Å²) in [4.78, 5) is 0. The van der Waals surface area contributed by atoms with Gasteiger partial charge in [0.25, 0.3) is 0 Å². The molecule has 0 fully saturated rings. The van der Waals surface area contributed by atoms with Gasteiger partial charge >= 0.3 is 0 Å². The largest absolute Gasteiger partial charge is 0.386 e. The van der Waals surface area contributed by atoms with E-state index in [-0.39, 0.29) is 27.3 Å². The second-order valence-corrected chi connectivity index (χ2v) is 25.0. The molecule has 0 saturated carbocycles. The van der Waals surface area contributed by atoms with Gasteiger partial charge in [0, 0.05) is 8.15 Å². The summed E-state index contributed by atoms with van der Waals surface area (Å²) in [5.74, 6) is 1.41. The van der Waals surface area contributed by atoms with Crippen molar-refractivity contribution in [2.75, 3.05) is 94.3 Å². The van der Waals surface area contributed by atoms with Gasteiger partial charge in [-0.25, -0.2) is 0 Å². The molecule has 1 unspecified atom stereocenters. The summed E-state index contributed by atoms with van der Waals surface area (Å²) in [5.41, 5.74) is 0. The van der Waals surface area contributed by atoms with Gasteiger partial charge in [0.2, 0.25) is 6.85 Å². The van der Waals surface area contributed by atoms with Gasteiger partial charge < -0.3 is 23.8 Å². The van der Waals surface area contributed by atoms with Gasteiger partial charge in [-0.15, -0.1) is 58.8 Å². The smallest absolute Gasteiger partial charge is 0.226 e. The lowest BCUT2D eigenvalue weighted by Crippen LogP contribution is -1.78. The van der Waals surface area contributed by atoms with E-state index in [1.165, 1.54) is 23.5 Å². The van der Waals surface area contributed by atoms with Crippen LogP contribution in [0.25, 0.3) is 0 Å². The summed E-state index contributed by atoms with van der Waals surface area (Å²) < 4.78 is 15.0. The molecule has 2 N–H and O–H groups in total. The molecule has 0 amide bonds. The second-order valence-electron chi connectivity index (χ2n) is 4.85.